The van der Waals surface area contributed by atoms with Crippen molar-refractivity contribution in [3.8, 4) is 11.5 Å². The average molecular weight is 278 g/mol. The highest BCUT2D eigenvalue weighted by atomic mass is 16.5. The summed E-state index contributed by atoms with van der Waals surface area (Å²) in [6.45, 7) is 8.29. The number of carbonyl (C=O) groups excluding carboxylic acids is 2. The van der Waals surface area contributed by atoms with Crippen LogP contribution >= 0.6 is 0 Å². The van der Waals surface area contributed by atoms with Gasteiger partial charge in [-0.3, -0.25) is 9.59 Å². The van der Waals surface area contributed by atoms with Crippen molar-refractivity contribution in [2.45, 2.75) is 34.1 Å². The summed E-state index contributed by atoms with van der Waals surface area (Å²) in [6, 6.07) is 5.11. The molecule has 0 bridgehead atoms. The molecule has 1 rings (SSSR count). The Labute approximate surface area is 120 Å². The molecule has 0 aliphatic heterocycles. The second-order valence-corrected chi connectivity index (χ2v) is 4.74. The van der Waals surface area contributed by atoms with Crippen LogP contribution in [0.1, 0.15) is 44.5 Å². The molecule has 0 fully saturated rings. The maximum atomic E-state index is 12.3. The minimum atomic E-state index is -0.228. The zero-order chi connectivity index (χ0) is 15.1. The fraction of sp³-hybridized carbons (Fsp3) is 0.500. The zero-order valence-electron chi connectivity index (χ0n) is 12.6. The van der Waals surface area contributed by atoms with E-state index in [4.69, 9.17) is 9.47 Å². The summed E-state index contributed by atoms with van der Waals surface area (Å²) in [5.74, 6) is 0.659. The molecule has 0 spiro atoms. The Bertz CT molecular complexity index is 477. The zero-order valence-corrected chi connectivity index (χ0v) is 12.6. The highest BCUT2D eigenvalue weighted by molar-refractivity contribution is 6.09. The lowest BCUT2D eigenvalue weighted by molar-refractivity contribution is -0.121. The van der Waals surface area contributed by atoms with E-state index >= 15 is 0 Å². The molecule has 0 aromatic heterocycles. The molecular weight excluding hydrogens is 256 g/mol. The summed E-state index contributed by atoms with van der Waals surface area (Å²) in [5.41, 5.74) is 0.409. The summed E-state index contributed by atoms with van der Waals surface area (Å²) in [7, 11) is 0. The molecule has 0 N–H and O–H groups in total. The van der Waals surface area contributed by atoms with Crippen LogP contribution in [0.4, 0.5) is 0 Å². The van der Waals surface area contributed by atoms with E-state index in [1.807, 2.05) is 13.8 Å². The van der Waals surface area contributed by atoms with Crippen molar-refractivity contribution in [3.63, 3.8) is 0 Å². The van der Waals surface area contributed by atoms with Crippen molar-refractivity contribution >= 4 is 11.6 Å². The number of ether oxygens (including phenoxy) is 2. The van der Waals surface area contributed by atoms with Crippen molar-refractivity contribution in [1.29, 1.82) is 0 Å². The summed E-state index contributed by atoms with van der Waals surface area (Å²) in [5, 5.41) is 0. The first kappa shape index (κ1) is 16.2. The minimum absolute atomic E-state index is 0.0701. The van der Waals surface area contributed by atoms with Crippen molar-refractivity contribution in [1.82, 2.24) is 0 Å². The number of benzene rings is 1. The van der Waals surface area contributed by atoms with Gasteiger partial charge in [0.15, 0.2) is 5.78 Å². The third kappa shape index (κ3) is 4.37. The Hall–Kier alpha value is -1.84. The van der Waals surface area contributed by atoms with E-state index < -0.39 is 0 Å². The predicted molar refractivity (Wildman–Crippen MR) is 77.6 cm³/mol. The normalized spacial score (nSPS) is 10.4. The standard InChI is InChI=1S/C16H22O4/c1-5-19-12-7-8-16(20-6-2)13(9-12)15(18)10-14(17)11(3)4/h7-9,11H,5-6,10H2,1-4H3. The first-order valence-electron chi connectivity index (χ1n) is 6.95. The van der Waals surface area contributed by atoms with Gasteiger partial charge in [-0.25, -0.2) is 0 Å². The SMILES string of the molecule is CCOc1ccc(OCC)c(C(=O)CC(=O)C(C)C)c1. The molecule has 0 aliphatic carbocycles. The van der Waals surface area contributed by atoms with Gasteiger partial charge >= 0.3 is 0 Å². The maximum absolute atomic E-state index is 12.3. The molecule has 20 heavy (non-hydrogen) atoms. The first-order chi connectivity index (χ1) is 9.49. The lowest BCUT2D eigenvalue weighted by Gasteiger charge is -2.12. The molecule has 0 aliphatic rings. The van der Waals surface area contributed by atoms with Gasteiger partial charge < -0.3 is 9.47 Å². The van der Waals surface area contributed by atoms with Crippen LogP contribution in [0.5, 0.6) is 11.5 Å². The maximum Gasteiger partial charge on any atom is 0.174 e. The van der Waals surface area contributed by atoms with Gasteiger partial charge in [-0.05, 0) is 32.0 Å². The average Bonchev–Trinajstić information content (AvgIpc) is 2.40. The highest BCUT2D eigenvalue weighted by Crippen LogP contribution is 2.26. The van der Waals surface area contributed by atoms with Crippen LogP contribution in [0.2, 0.25) is 0 Å². The third-order valence-corrected chi connectivity index (χ3v) is 2.84. The number of rotatable bonds is 8. The summed E-state index contributed by atoms with van der Waals surface area (Å²) >= 11 is 0. The van der Waals surface area contributed by atoms with Crippen LogP contribution in [0.25, 0.3) is 0 Å². The van der Waals surface area contributed by atoms with E-state index in [0.717, 1.165) is 0 Å². The topological polar surface area (TPSA) is 52.6 Å². The van der Waals surface area contributed by atoms with E-state index in [0.29, 0.717) is 30.3 Å². The molecular formula is C16H22O4. The number of ketones is 2. The Morgan fingerprint density at radius 2 is 1.75 bits per heavy atom. The molecule has 0 saturated heterocycles. The number of carbonyl (C=O) groups is 2. The summed E-state index contributed by atoms with van der Waals surface area (Å²) in [4.78, 5) is 24.0. The molecule has 4 nitrogen and oxygen atoms in total. The van der Waals surface area contributed by atoms with Gasteiger partial charge in [-0.2, -0.15) is 0 Å². The van der Waals surface area contributed by atoms with Gasteiger partial charge in [0.25, 0.3) is 0 Å². The Kier molecular flexibility index (Phi) is 6.22. The molecule has 0 radical (unpaired) electrons. The molecule has 1 aromatic carbocycles. The number of hydrogen-bond acceptors (Lipinski definition) is 4. The molecule has 110 valence electrons. The second-order valence-electron chi connectivity index (χ2n) is 4.74. The quantitative estimate of drug-likeness (QED) is 0.541. The van der Waals surface area contributed by atoms with E-state index in [1.165, 1.54) is 0 Å². The van der Waals surface area contributed by atoms with Crippen LogP contribution in [-0.4, -0.2) is 24.8 Å². The fourth-order valence-corrected chi connectivity index (χ4v) is 1.72. The van der Waals surface area contributed by atoms with Gasteiger partial charge in [-0.1, -0.05) is 13.8 Å². The van der Waals surface area contributed by atoms with Crippen molar-refractivity contribution in [3.05, 3.63) is 23.8 Å². The summed E-state index contributed by atoms with van der Waals surface area (Å²) in [6.07, 6.45) is -0.104. The van der Waals surface area contributed by atoms with Crippen LogP contribution in [0.15, 0.2) is 18.2 Å². The van der Waals surface area contributed by atoms with Gasteiger partial charge in [0.1, 0.15) is 17.3 Å². The molecule has 4 heteroatoms. The molecule has 0 saturated carbocycles. The molecule has 0 atom stereocenters. The lowest BCUT2D eigenvalue weighted by Crippen LogP contribution is -2.14. The van der Waals surface area contributed by atoms with E-state index in [9.17, 15) is 9.59 Å². The van der Waals surface area contributed by atoms with Crippen LogP contribution in [0, 0.1) is 5.92 Å². The van der Waals surface area contributed by atoms with Gasteiger partial charge in [0.05, 0.1) is 25.2 Å². The fourth-order valence-electron chi connectivity index (χ4n) is 1.72. The smallest absolute Gasteiger partial charge is 0.174 e. The first-order valence-corrected chi connectivity index (χ1v) is 6.95. The minimum Gasteiger partial charge on any atom is -0.494 e. The van der Waals surface area contributed by atoms with Crippen molar-refractivity contribution in [2.75, 3.05) is 13.2 Å². The van der Waals surface area contributed by atoms with Gasteiger partial charge in [0.2, 0.25) is 0 Å². The van der Waals surface area contributed by atoms with E-state index in [2.05, 4.69) is 0 Å². The number of Topliss-reactive ketones (excluding diaryl/α,β-unsaturated/α-hetero) is 2. The van der Waals surface area contributed by atoms with Gasteiger partial charge in [0, 0.05) is 5.92 Å². The van der Waals surface area contributed by atoms with E-state index in [-0.39, 0.29) is 23.9 Å². The van der Waals surface area contributed by atoms with Crippen LogP contribution < -0.4 is 9.47 Å². The van der Waals surface area contributed by atoms with Crippen molar-refractivity contribution in [2.24, 2.45) is 5.92 Å². The Morgan fingerprint density at radius 3 is 2.30 bits per heavy atom. The lowest BCUT2D eigenvalue weighted by atomic mass is 9.99. The predicted octanol–water partition coefficient (Wildman–Crippen LogP) is 3.28. The van der Waals surface area contributed by atoms with Gasteiger partial charge in [-0.15, -0.1) is 0 Å². The second kappa shape index (κ2) is 7.68. The largest absolute Gasteiger partial charge is 0.494 e. The highest BCUT2D eigenvalue weighted by Gasteiger charge is 2.19. The third-order valence-electron chi connectivity index (χ3n) is 2.84. The van der Waals surface area contributed by atoms with Crippen molar-refractivity contribution < 1.29 is 19.1 Å². The van der Waals surface area contributed by atoms with Crippen LogP contribution in [0.3, 0.4) is 0 Å². The summed E-state index contributed by atoms with van der Waals surface area (Å²) < 4.78 is 10.8. The monoisotopic (exact) mass is 278 g/mol. The Balaban J connectivity index is 3.01. The molecule has 0 unspecified atom stereocenters. The molecule has 0 heterocycles. The molecule has 0 amide bonds. The van der Waals surface area contributed by atoms with E-state index in [1.54, 1.807) is 32.0 Å². The molecule has 1 aromatic rings. The number of hydrogen-bond donors (Lipinski definition) is 0. The van der Waals surface area contributed by atoms with Crippen LogP contribution in [-0.2, 0) is 4.79 Å². The Morgan fingerprint density at radius 1 is 1.10 bits per heavy atom.